The van der Waals surface area contributed by atoms with Crippen LogP contribution in [0.5, 0.6) is 0 Å². The first-order valence-corrected chi connectivity index (χ1v) is 23.9. The molecular weight excluding hydrogens is 837 g/mol. The molecule has 1 aliphatic carbocycles. The van der Waals surface area contributed by atoms with E-state index < -0.39 is 0 Å². The maximum Gasteiger partial charge on any atom is 0.161 e. The summed E-state index contributed by atoms with van der Waals surface area (Å²) in [4.78, 5) is 10.8. The molecule has 0 atom stereocenters. The van der Waals surface area contributed by atoms with Crippen molar-refractivity contribution < 1.29 is 0 Å². The Hall–Kier alpha value is -8.86. The lowest BCUT2D eigenvalue weighted by Crippen LogP contribution is -2.15. The van der Waals surface area contributed by atoms with E-state index in [9.17, 15) is 0 Å². The standard InChI is InChI=1S/C65H42N4/c1-65(2)54-23-11-7-18-46(54)47-31-28-41(37-55(47)65)63-51-21-8-12-24-56(51)66-64(67-63)50-32-34-59(48-19-6-5-17-45(48)50)69-57-25-13-9-20-49(57)53-36-42-35-43(30-27-40(42)38-61(53)69)68-58-26-14-10-22-52(58)62-44-16-4-3-15-39(44)29-33-60(62)68/h3-38H,1-2H3. The summed E-state index contributed by atoms with van der Waals surface area (Å²) in [5.74, 6) is 0.718. The molecule has 3 heterocycles. The van der Waals surface area contributed by atoms with Gasteiger partial charge in [-0.3, -0.25) is 0 Å². The SMILES string of the molecule is CC1(C)c2ccccc2-c2ccc(-c3nc(-c4ccc(-n5c6ccccc6c6cc7cc(-n8c9ccccc9c9c%10ccccc%10ccc98)ccc7cc65)c5ccccc45)nc4ccccc34)cc21. The molecule has 69 heavy (non-hydrogen) atoms. The minimum atomic E-state index is -0.120. The third kappa shape index (κ3) is 5.40. The van der Waals surface area contributed by atoms with Crippen molar-refractivity contribution in [1.29, 1.82) is 0 Å². The highest BCUT2D eigenvalue weighted by Gasteiger charge is 2.35. The lowest BCUT2D eigenvalue weighted by atomic mass is 9.82. The van der Waals surface area contributed by atoms with Gasteiger partial charge in [0.2, 0.25) is 0 Å². The third-order valence-corrected chi connectivity index (χ3v) is 15.3. The Labute approximate surface area is 398 Å². The van der Waals surface area contributed by atoms with Crippen LogP contribution in [-0.2, 0) is 5.41 Å². The van der Waals surface area contributed by atoms with E-state index in [-0.39, 0.29) is 5.41 Å². The van der Waals surface area contributed by atoms with Crippen LogP contribution < -0.4 is 0 Å². The molecule has 0 saturated carbocycles. The van der Waals surface area contributed by atoms with Crippen LogP contribution in [0.4, 0.5) is 0 Å². The van der Waals surface area contributed by atoms with Gasteiger partial charge in [-0.2, -0.15) is 0 Å². The van der Waals surface area contributed by atoms with Gasteiger partial charge in [0.1, 0.15) is 0 Å². The zero-order valence-corrected chi connectivity index (χ0v) is 38.1. The largest absolute Gasteiger partial charge is 0.309 e. The second kappa shape index (κ2) is 14.1. The molecule has 15 rings (SSSR count). The molecule has 0 fully saturated rings. The normalized spacial score (nSPS) is 13.2. The highest BCUT2D eigenvalue weighted by atomic mass is 15.0. The fraction of sp³-hybridized carbons (Fsp3) is 0.0462. The molecule has 0 unspecified atom stereocenters. The van der Waals surface area contributed by atoms with Crippen LogP contribution in [-0.4, -0.2) is 19.1 Å². The molecular formula is C65H42N4. The number of benzene rings is 11. The van der Waals surface area contributed by atoms with Crippen LogP contribution in [0.15, 0.2) is 218 Å². The lowest BCUT2D eigenvalue weighted by molar-refractivity contribution is 0.660. The van der Waals surface area contributed by atoms with Crippen LogP contribution in [0.25, 0.3) is 132 Å². The molecule has 0 N–H and O–H groups in total. The topological polar surface area (TPSA) is 35.6 Å². The van der Waals surface area contributed by atoms with Crippen molar-refractivity contribution >= 4 is 86.8 Å². The molecule has 3 aromatic heterocycles. The number of para-hydroxylation sites is 3. The van der Waals surface area contributed by atoms with E-state index in [1.807, 2.05) is 0 Å². The van der Waals surface area contributed by atoms with Crippen molar-refractivity contribution in [3.05, 3.63) is 230 Å². The number of hydrogen-bond donors (Lipinski definition) is 0. The van der Waals surface area contributed by atoms with Crippen LogP contribution in [0.3, 0.4) is 0 Å². The second-order valence-electron chi connectivity index (χ2n) is 19.3. The minimum Gasteiger partial charge on any atom is -0.309 e. The van der Waals surface area contributed by atoms with Crippen molar-refractivity contribution in [3.8, 4) is 45.1 Å². The summed E-state index contributed by atoms with van der Waals surface area (Å²) in [5, 5.41) is 13.2. The summed E-state index contributed by atoms with van der Waals surface area (Å²) < 4.78 is 4.89. The molecule has 4 heteroatoms. The van der Waals surface area contributed by atoms with Gasteiger partial charge >= 0.3 is 0 Å². The Morgan fingerprint density at radius 2 is 1.03 bits per heavy atom. The second-order valence-corrected chi connectivity index (χ2v) is 19.3. The van der Waals surface area contributed by atoms with Gasteiger partial charge in [0.15, 0.2) is 5.82 Å². The van der Waals surface area contributed by atoms with Crippen molar-refractivity contribution in [2.45, 2.75) is 19.3 Å². The summed E-state index contributed by atoms with van der Waals surface area (Å²) >= 11 is 0. The van der Waals surface area contributed by atoms with Crippen molar-refractivity contribution in [3.63, 3.8) is 0 Å². The van der Waals surface area contributed by atoms with Gasteiger partial charge in [-0.15, -0.1) is 0 Å². The average molecular weight is 879 g/mol. The monoisotopic (exact) mass is 878 g/mol. The predicted octanol–water partition coefficient (Wildman–Crippen LogP) is 16.9. The maximum absolute atomic E-state index is 5.49. The third-order valence-electron chi connectivity index (χ3n) is 15.3. The number of aromatic nitrogens is 4. The van der Waals surface area contributed by atoms with E-state index in [0.717, 1.165) is 55.7 Å². The van der Waals surface area contributed by atoms with Gasteiger partial charge in [0.05, 0.1) is 39.0 Å². The Kier molecular flexibility index (Phi) is 7.81. The van der Waals surface area contributed by atoms with E-state index in [4.69, 9.17) is 9.97 Å². The van der Waals surface area contributed by atoms with Gasteiger partial charge in [-0.1, -0.05) is 166 Å². The van der Waals surface area contributed by atoms with Gasteiger partial charge in [-0.25, -0.2) is 9.97 Å². The summed E-state index contributed by atoms with van der Waals surface area (Å²) in [6.07, 6.45) is 0. The molecule has 0 amide bonds. The first-order chi connectivity index (χ1) is 34.0. The summed E-state index contributed by atoms with van der Waals surface area (Å²) in [6, 6.07) is 80.1. The molecule has 0 saturated heterocycles. The highest BCUT2D eigenvalue weighted by molar-refractivity contribution is 6.22. The van der Waals surface area contributed by atoms with E-state index >= 15 is 0 Å². The number of hydrogen-bond acceptors (Lipinski definition) is 2. The smallest absolute Gasteiger partial charge is 0.161 e. The van der Waals surface area contributed by atoms with Gasteiger partial charge < -0.3 is 9.13 Å². The zero-order valence-electron chi connectivity index (χ0n) is 38.1. The Balaban J connectivity index is 0.897. The van der Waals surface area contributed by atoms with Gasteiger partial charge in [0.25, 0.3) is 0 Å². The van der Waals surface area contributed by atoms with Gasteiger partial charge in [-0.05, 0) is 116 Å². The van der Waals surface area contributed by atoms with Gasteiger partial charge in [0, 0.05) is 54.5 Å². The molecule has 4 nitrogen and oxygen atoms in total. The van der Waals surface area contributed by atoms with E-state index in [1.165, 1.54) is 87.4 Å². The lowest BCUT2D eigenvalue weighted by Gasteiger charge is -2.22. The van der Waals surface area contributed by atoms with Crippen LogP contribution in [0.2, 0.25) is 0 Å². The number of fused-ring (bicyclic) bond motifs is 14. The molecule has 0 bridgehead atoms. The van der Waals surface area contributed by atoms with Crippen LogP contribution in [0.1, 0.15) is 25.0 Å². The van der Waals surface area contributed by atoms with E-state index in [0.29, 0.717) is 0 Å². The average Bonchev–Trinajstić information content (AvgIpc) is 3.99. The molecule has 0 aliphatic heterocycles. The van der Waals surface area contributed by atoms with Crippen LogP contribution >= 0.6 is 0 Å². The van der Waals surface area contributed by atoms with Crippen molar-refractivity contribution in [2.75, 3.05) is 0 Å². The summed E-state index contributed by atoms with van der Waals surface area (Å²) in [6.45, 7) is 4.67. The maximum atomic E-state index is 5.49. The first-order valence-electron chi connectivity index (χ1n) is 23.9. The molecule has 1 aliphatic rings. The Morgan fingerprint density at radius 1 is 0.362 bits per heavy atom. The first kappa shape index (κ1) is 38.3. The number of nitrogens with zero attached hydrogens (tertiary/aromatic N) is 4. The molecule has 11 aromatic carbocycles. The zero-order chi connectivity index (χ0) is 45.5. The van der Waals surface area contributed by atoms with Crippen molar-refractivity contribution in [1.82, 2.24) is 19.1 Å². The Bertz CT molecular complexity index is 4530. The molecule has 0 spiro atoms. The van der Waals surface area contributed by atoms with E-state index in [1.54, 1.807) is 0 Å². The molecule has 322 valence electrons. The fourth-order valence-corrected chi connectivity index (χ4v) is 12.1. The Morgan fingerprint density at radius 3 is 1.90 bits per heavy atom. The minimum absolute atomic E-state index is 0.120. The summed E-state index contributed by atoms with van der Waals surface area (Å²) in [5.41, 5.74) is 16.2. The highest BCUT2D eigenvalue weighted by Crippen LogP contribution is 2.50. The summed E-state index contributed by atoms with van der Waals surface area (Å²) in [7, 11) is 0. The fourth-order valence-electron chi connectivity index (χ4n) is 12.1. The molecule has 0 radical (unpaired) electrons. The molecule has 14 aromatic rings. The predicted molar refractivity (Wildman–Crippen MR) is 289 cm³/mol. The van der Waals surface area contributed by atoms with E-state index in [2.05, 4.69) is 241 Å². The van der Waals surface area contributed by atoms with Crippen LogP contribution in [0, 0.1) is 0 Å². The number of rotatable bonds is 4. The quantitative estimate of drug-likeness (QED) is 0.177. The van der Waals surface area contributed by atoms with Crippen molar-refractivity contribution in [2.24, 2.45) is 0 Å².